The van der Waals surface area contributed by atoms with Gasteiger partial charge in [-0.2, -0.15) is 0 Å². The Bertz CT molecular complexity index is 889. The lowest BCUT2D eigenvalue weighted by Gasteiger charge is -2.22. The highest BCUT2D eigenvalue weighted by Crippen LogP contribution is 2.34. The molecule has 1 saturated heterocycles. The molecule has 0 radical (unpaired) electrons. The van der Waals surface area contributed by atoms with Crippen LogP contribution in [0.2, 0.25) is 0 Å². The smallest absolute Gasteiger partial charge is 0.325 e. The van der Waals surface area contributed by atoms with Crippen LogP contribution in [-0.4, -0.2) is 49.7 Å². The highest BCUT2D eigenvalue weighted by molar-refractivity contribution is 5.99. The number of benzene rings is 2. The summed E-state index contributed by atoms with van der Waals surface area (Å²) in [6.45, 7) is 1.76. The summed E-state index contributed by atoms with van der Waals surface area (Å²) in [4.78, 5) is 27.9. The molecular formula is C19H18FN3O4. The van der Waals surface area contributed by atoms with E-state index in [0.717, 1.165) is 0 Å². The topological polar surface area (TPSA) is 71.1 Å². The first-order chi connectivity index (χ1) is 13.1. The minimum Gasteiger partial charge on any atom is -0.486 e. The van der Waals surface area contributed by atoms with Gasteiger partial charge in [0.15, 0.2) is 11.5 Å². The number of carbonyl (C=O) groups excluding carboxylic acids is 2. The number of fused-ring (bicyclic) bond motifs is 1. The van der Waals surface area contributed by atoms with Gasteiger partial charge in [0.05, 0.1) is 0 Å². The zero-order valence-corrected chi connectivity index (χ0v) is 14.5. The molecule has 2 heterocycles. The fraction of sp³-hybridized carbons (Fsp3) is 0.263. The molecule has 0 aliphatic carbocycles. The third-order valence-corrected chi connectivity index (χ3v) is 4.38. The Hall–Kier alpha value is -3.29. The fourth-order valence-electron chi connectivity index (χ4n) is 3.11. The van der Waals surface area contributed by atoms with Crippen molar-refractivity contribution in [2.75, 3.05) is 43.1 Å². The van der Waals surface area contributed by atoms with Crippen molar-refractivity contribution in [2.24, 2.45) is 0 Å². The minimum atomic E-state index is -0.435. The number of ether oxygens (including phenoxy) is 2. The number of anilines is 2. The van der Waals surface area contributed by atoms with Crippen molar-refractivity contribution in [3.63, 3.8) is 0 Å². The van der Waals surface area contributed by atoms with Crippen LogP contribution in [0.25, 0.3) is 0 Å². The first-order valence-electron chi connectivity index (χ1n) is 8.62. The number of urea groups is 1. The van der Waals surface area contributed by atoms with E-state index in [-0.39, 0.29) is 18.5 Å². The zero-order chi connectivity index (χ0) is 18.8. The molecule has 1 fully saturated rings. The molecule has 0 saturated carbocycles. The summed E-state index contributed by atoms with van der Waals surface area (Å²) in [5.41, 5.74) is 1.05. The Morgan fingerprint density at radius 3 is 2.70 bits per heavy atom. The van der Waals surface area contributed by atoms with E-state index < -0.39 is 5.82 Å². The van der Waals surface area contributed by atoms with Crippen LogP contribution in [0.15, 0.2) is 42.5 Å². The second kappa shape index (κ2) is 7.14. The number of nitrogens with one attached hydrogen (secondary N) is 1. The molecule has 0 unspecified atom stereocenters. The van der Waals surface area contributed by atoms with Crippen LogP contribution in [0.3, 0.4) is 0 Å². The van der Waals surface area contributed by atoms with Crippen molar-refractivity contribution in [1.82, 2.24) is 4.90 Å². The highest BCUT2D eigenvalue weighted by Gasteiger charge is 2.31. The van der Waals surface area contributed by atoms with E-state index in [1.165, 1.54) is 23.1 Å². The number of hydrogen-bond donors (Lipinski definition) is 1. The lowest BCUT2D eigenvalue weighted by molar-refractivity contribution is -0.116. The molecule has 2 aromatic rings. The average Bonchev–Trinajstić information content (AvgIpc) is 3.01. The molecule has 0 bridgehead atoms. The van der Waals surface area contributed by atoms with Crippen LogP contribution in [-0.2, 0) is 4.79 Å². The normalized spacial score (nSPS) is 15.8. The monoisotopic (exact) mass is 371 g/mol. The van der Waals surface area contributed by atoms with Crippen molar-refractivity contribution >= 4 is 23.3 Å². The molecule has 2 aliphatic rings. The van der Waals surface area contributed by atoms with E-state index in [1.54, 1.807) is 29.2 Å². The number of amides is 3. The van der Waals surface area contributed by atoms with Gasteiger partial charge in [-0.3, -0.25) is 9.69 Å². The van der Waals surface area contributed by atoms with Crippen molar-refractivity contribution in [2.45, 2.75) is 0 Å². The summed E-state index contributed by atoms with van der Waals surface area (Å²) >= 11 is 0. The van der Waals surface area contributed by atoms with Gasteiger partial charge < -0.3 is 19.7 Å². The van der Waals surface area contributed by atoms with E-state index >= 15 is 0 Å². The van der Waals surface area contributed by atoms with Gasteiger partial charge in [0.2, 0.25) is 5.91 Å². The molecule has 2 aliphatic heterocycles. The number of hydrogen-bond acceptors (Lipinski definition) is 4. The Morgan fingerprint density at radius 1 is 1.07 bits per heavy atom. The summed E-state index contributed by atoms with van der Waals surface area (Å²) in [5.74, 6) is 0.449. The van der Waals surface area contributed by atoms with Gasteiger partial charge in [-0.15, -0.1) is 0 Å². The van der Waals surface area contributed by atoms with E-state index in [9.17, 15) is 14.0 Å². The third-order valence-electron chi connectivity index (χ3n) is 4.38. The largest absolute Gasteiger partial charge is 0.486 e. The van der Waals surface area contributed by atoms with E-state index in [0.29, 0.717) is 49.2 Å². The maximum atomic E-state index is 13.2. The van der Waals surface area contributed by atoms with Crippen LogP contribution in [0.1, 0.15) is 0 Å². The molecule has 4 rings (SSSR count). The third kappa shape index (κ3) is 3.64. The van der Waals surface area contributed by atoms with Gasteiger partial charge in [0.1, 0.15) is 25.6 Å². The Kier molecular flexibility index (Phi) is 4.53. The van der Waals surface area contributed by atoms with Crippen LogP contribution >= 0.6 is 0 Å². The first-order valence-corrected chi connectivity index (χ1v) is 8.62. The number of nitrogens with zero attached hydrogens (tertiary/aromatic N) is 2. The number of rotatable bonds is 4. The lowest BCUT2D eigenvalue weighted by atomic mass is 10.2. The van der Waals surface area contributed by atoms with Crippen LogP contribution < -0.4 is 19.7 Å². The van der Waals surface area contributed by atoms with Gasteiger partial charge in [-0.25, -0.2) is 9.18 Å². The van der Waals surface area contributed by atoms with Crippen LogP contribution in [0.5, 0.6) is 11.5 Å². The van der Waals surface area contributed by atoms with Crippen LogP contribution in [0, 0.1) is 5.82 Å². The predicted octanol–water partition coefficient (Wildman–Crippen LogP) is 2.48. The summed E-state index contributed by atoms with van der Waals surface area (Å²) in [5, 5.41) is 2.60. The number of halogens is 1. The summed E-state index contributed by atoms with van der Waals surface area (Å²) in [6.07, 6.45) is 0. The maximum Gasteiger partial charge on any atom is 0.325 e. The molecule has 0 spiro atoms. The van der Waals surface area contributed by atoms with Gasteiger partial charge in [-0.1, -0.05) is 6.07 Å². The summed E-state index contributed by atoms with van der Waals surface area (Å²) in [6, 6.07) is 10.7. The van der Waals surface area contributed by atoms with Crippen molar-refractivity contribution in [3.05, 3.63) is 48.3 Å². The lowest BCUT2D eigenvalue weighted by Crippen LogP contribution is -2.37. The SMILES string of the molecule is O=C(CN1CCN(c2ccc3c(c2)OCCO3)C1=O)Nc1cccc(F)c1. The fourth-order valence-corrected chi connectivity index (χ4v) is 3.11. The standard InChI is InChI=1S/C19H18FN3O4/c20-13-2-1-3-14(10-13)21-18(24)12-22-6-7-23(19(22)25)15-4-5-16-17(11-15)27-9-8-26-16/h1-5,10-11H,6-9,12H2,(H,21,24). The second-order valence-electron chi connectivity index (χ2n) is 6.24. The van der Waals surface area contributed by atoms with Crippen molar-refractivity contribution in [1.29, 1.82) is 0 Å². The van der Waals surface area contributed by atoms with Crippen molar-refractivity contribution in [3.8, 4) is 11.5 Å². The van der Waals surface area contributed by atoms with Gasteiger partial charge in [-0.05, 0) is 30.3 Å². The first kappa shape index (κ1) is 17.1. The Labute approximate surface area is 155 Å². The molecule has 27 heavy (non-hydrogen) atoms. The minimum absolute atomic E-state index is 0.101. The molecule has 0 aromatic heterocycles. The van der Waals surface area contributed by atoms with Gasteiger partial charge in [0, 0.05) is 30.5 Å². The molecule has 8 heteroatoms. The molecule has 0 atom stereocenters. The molecular weight excluding hydrogens is 353 g/mol. The van der Waals surface area contributed by atoms with Crippen molar-refractivity contribution < 1.29 is 23.5 Å². The summed E-state index contributed by atoms with van der Waals surface area (Å²) in [7, 11) is 0. The molecule has 7 nitrogen and oxygen atoms in total. The predicted molar refractivity (Wildman–Crippen MR) is 96.8 cm³/mol. The van der Waals surface area contributed by atoms with E-state index in [4.69, 9.17) is 9.47 Å². The highest BCUT2D eigenvalue weighted by atomic mass is 19.1. The Balaban J connectivity index is 1.40. The molecule has 2 aromatic carbocycles. The number of carbonyl (C=O) groups is 2. The van der Waals surface area contributed by atoms with Gasteiger partial charge >= 0.3 is 6.03 Å². The second-order valence-corrected chi connectivity index (χ2v) is 6.24. The molecule has 1 N–H and O–H groups in total. The maximum absolute atomic E-state index is 13.2. The molecule has 140 valence electrons. The van der Waals surface area contributed by atoms with E-state index in [2.05, 4.69) is 5.32 Å². The summed E-state index contributed by atoms with van der Waals surface area (Å²) < 4.78 is 24.2. The average molecular weight is 371 g/mol. The quantitative estimate of drug-likeness (QED) is 0.896. The Morgan fingerprint density at radius 2 is 1.89 bits per heavy atom. The van der Waals surface area contributed by atoms with E-state index in [1.807, 2.05) is 0 Å². The zero-order valence-electron chi connectivity index (χ0n) is 14.5. The van der Waals surface area contributed by atoms with Gasteiger partial charge in [0.25, 0.3) is 0 Å². The van der Waals surface area contributed by atoms with Crippen LogP contribution in [0.4, 0.5) is 20.6 Å². The molecule has 3 amide bonds.